The molecule has 1 saturated heterocycles. The van der Waals surface area contributed by atoms with Crippen LogP contribution in [0, 0.1) is 5.82 Å². The van der Waals surface area contributed by atoms with Gasteiger partial charge in [0.1, 0.15) is 11.6 Å². The molecule has 0 N–H and O–H groups in total. The first-order chi connectivity index (χ1) is 7.72. The molecule has 0 spiro atoms. The van der Waals surface area contributed by atoms with Crippen LogP contribution in [0.3, 0.4) is 0 Å². The van der Waals surface area contributed by atoms with Gasteiger partial charge < -0.3 is 14.2 Å². The van der Waals surface area contributed by atoms with Gasteiger partial charge in [-0.1, -0.05) is 0 Å². The van der Waals surface area contributed by atoms with Crippen molar-refractivity contribution in [3.05, 3.63) is 29.6 Å². The van der Waals surface area contributed by atoms with Crippen molar-refractivity contribution >= 4 is 11.6 Å². The molecular formula is C11H12ClFO3. The number of hydrogen-bond donors (Lipinski definition) is 0. The summed E-state index contributed by atoms with van der Waals surface area (Å²) in [5.74, 6) is -0.870. The number of benzene rings is 1. The Balaban J connectivity index is 2.47. The van der Waals surface area contributed by atoms with Crippen LogP contribution in [0.4, 0.5) is 4.39 Å². The van der Waals surface area contributed by atoms with Crippen molar-refractivity contribution < 1.29 is 18.6 Å². The third kappa shape index (κ3) is 1.88. The first-order valence-corrected chi connectivity index (χ1v) is 5.43. The van der Waals surface area contributed by atoms with Gasteiger partial charge in [0.05, 0.1) is 31.8 Å². The molecule has 0 aliphatic carbocycles. The lowest BCUT2D eigenvalue weighted by Crippen LogP contribution is -2.30. The van der Waals surface area contributed by atoms with Crippen LogP contribution in [0.1, 0.15) is 5.56 Å². The van der Waals surface area contributed by atoms with Crippen LogP contribution < -0.4 is 4.74 Å². The molecule has 1 aromatic carbocycles. The molecular weight excluding hydrogens is 235 g/mol. The Morgan fingerprint density at radius 1 is 1.44 bits per heavy atom. The van der Waals surface area contributed by atoms with E-state index in [-0.39, 0.29) is 11.7 Å². The summed E-state index contributed by atoms with van der Waals surface area (Å²) in [6.45, 7) is 0.874. The number of methoxy groups -OCH3 is 1. The lowest BCUT2D eigenvalue weighted by molar-refractivity contribution is -0.147. The molecule has 3 nitrogen and oxygen atoms in total. The zero-order chi connectivity index (χ0) is 11.6. The second-order valence-electron chi connectivity index (χ2n) is 3.43. The van der Waals surface area contributed by atoms with E-state index in [2.05, 4.69) is 0 Å². The lowest BCUT2D eigenvalue weighted by atomic mass is 10.1. The maximum absolute atomic E-state index is 13.2. The third-order valence-electron chi connectivity index (χ3n) is 2.50. The molecule has 0 bridgehead atoms. The summed E-state index contributed by atoms with van der Waals surface area (Å²) in [6, 6.07) is 4.18. The number of hydrogen-bond acceptors (Lipinski definition) is 3. The van der Waals surface area contributed by atoms with Gasteiger partial charge in [0.25, 0.3) is 0 Å². The van der Waals surface area contributed by atoms with E-state index in [1.54, 1.807) is 0 Å². The van der Waals surface area contributed by atoms with Crippen LogP contribution in [0.25, 0.3) is 0 Å². The molecule has 5 heteroatoms. The standard InChI is InChI=1S/C11H12ClFO3/c1-14-10-3-2-8(13)6-9(10)11(7-12)15-4-5-16-11/h2-3,6H,4-5,7H2,1H3. The summed E-state index contributed by atoms with van der Waals surface area (Å²) in [6.07, 6.45) is 0. The summed E-state index contributed by atoms with van der Waals surface area (Å²) in [4.78, 5) is 0. The molecule has 2 rings (SSSR count). The highest BCUT2D eigenvalue weighted by Gasteiger charge is 2.40. The van der Waals surface area contributed by atoms with Gasteiger partial charge in [-0.2, -0.15) is 0 Å². The Bertz CT molecular complexity index is 377. The quantitative estimate of drug-likeness (QED) is 0.766. The average Bonchev–Trinajstić information content (AvgIpc) is 2.78. The summed E-state index contributed by atoms with van der Waals surface area (Å²) in [5, 5.41) is 0. The molecule has 0 unspecified atom stereocenters. The van der Waals surface area contributed by atoms with Crippen molar-refractivity contribution in [2.45, 2.75) is 5.79 Å². The fourth-order valence-corrected chi connectivity index (χ4v) is 2.04. The van der Waals surface area contributed by atoms with Gasteiger partial charge in [0.2, 0.25) is 5.79 Å². The summed E-state index contributed by atoms with van der Waals surface area (Å²) < 4.78 is 29.3. The lowest BCUT2D eigenvalue weighted by Gasteiger charge is -2.26. The molecule has 1 fully saturated rings. The first-order valence-electron chi connectivity index (χ1n) is 4.90. The van der Waals surface area contributed by atoms with Gasteiger partial charge in [-0.05, 0) is 18.2 Å². The molecule has 1 heterocycles. The molecule has 0 radical (unpaired) electrons. The summed E-state index contributed by atoms with van der Waals surface area (Å²) in [5.41, 5.74) is 0.488. The van der Waals surface area contributed by atoms with E-state index >= 15 is 0 Å². The van der Waals surface area contributed by atoms with Gasteiger partial charge in [0, 0.05) is 0 Å². The fourth-order valence-electron chi connectivity index (χ4n) is 1.74. The zero-order valence-electron chi connectivity index (χ0n) is 8.83. The topological polar surface area (TPSA) is 27.7 Å². The minimum absolute atomic E-state index is 0.0901. The van der Waals surface area contributed by atoms with Gasteiger partial charge in [0.15, 0.2) is 0 Å². The van der Waals surface area contributed by atoms with E-state index in [0.717, 1.165) is 0 Å². The van der Waals surface area contributed by atoms with E-state index in [1.807, 2.05) is 0 Å². The number of halogens is 2. The normalized spacial score (nSPS) is 18.7. The Morgan fingerprint density at radius 2 is 2.12 bits per heavy atom. The van der Waals surface area contributed by atoms with E-state index in [0.29, 0.717) is 24.5 Å². The third-order valence-corrected chi connectivity index (χ3v) is 2.85. The van der Waals surface area contributed by atoms with Crippen LogP contribution in [0.5, 0.6) is 5.75 Å². The van der Waals surface area contributed by atoms with Gasteiger partial charge in [-0.3, -0.25) is 0 Å². The maximum atomic E-state index is 13.2. The van der Waals surface area contributed by atoms with Crippen LogP contribution in [-0.2, 0) is 15.3 Å². The monoisotopic (exact) mass is 246 g/mol. The van der Waals surface area contributed by atoms with E-state index < -0.39 is 5.79 Å². The fraction of sp³-hybridized carbons (Fsp3) is 0.455. The minimum Gasteiger partial charge on any atom is -0.496 e. The van der Waals surface area contributed by atoms with Crippen molar-refractivity contribution in [1.82, 2.24) is 0 Å². The number of rotatable bonds is 3. The minimum atomic E-state index is -1.09. The highest BCUT2D eigenvalue weighted by molar-refractivity contribution is 6.18. The second kappa shape index (κ2) is 4.57. The molecule has 0 atom stereocenters. The van der Waals surface area contributed by atoms with Gasteiger partial charge in [-0.15, -0.1) is 11.6 Å². The molecule has 0 saturated carbocycles. The number of ether oxygens (including phenoxy) is 3. The second-order valence-corrected chi connectivity index (χ2v) is 3.70. The molecule has 1 aromatic rings. The van der Waals surface area contributed by atoms with Crippen molar-refractivity contribution in [2.24, 2.45) is 0 Å². The van der Waals surface area contributed by atoms with Gasteiger partial charge in [-0.25, -0.2) is 4.39 Å². The Morgan fingerprint density at radius 3 is 2.69 bits per heavy atom. The summed E-state index contributed by atoms with van der Waals surface area (Å²) in [7, 11) is 1.51. The van der Waals surface area contributed by atoms with Crippen LogP contribution in [0.2, 0.25) is 0 Å². The van der Waals surface area contributed by atoms with Crippen molar-refractivity contribution in [3.8, 4) is 5.75 Å². The van der Waals surface area contributed by atoms with Crippen molar-refractivity contribution in [2.75, 3.05) is 26.2 Å². The highest BCUT2D eigenvalue weighted by atomic mass is 35.5. The average molecular weight is 247 g/mol. The van der Waals surface area contributed by atoms with Gasteiger partial charge >= 0.3 is 0 Å². The predicted octanol–water partition coefficient (Wildman–Crippen LogP) is 2.27. The molecule has 1 aliphatic heterocycles. The largest absolute Gasteiger partial charge is 0.496 e. The summed E-state index contributed by atoms with van der Waals surface area (Å²) >= 11 is 5.85. The molecule has 88 valence electrons. The molecule has 1 aliphatic rings. The predicted molar refractivity (Wildman–Crippen MR) is 57.3 cm³/mol. The van der Waals surface area contributed by atoms with Crippen molar-refractivity contribution in [3.63, 3.8) is 0 Å². The Kier molecular flexibility index (Phi) is 3.33. The van der Waals surface area contributed by atoms with Crippen LogP contribution in [0.15, 0.2) is 18.2 Å². The van der Waals surface area contributed by atoms with Crippen LogP contribution in [-0.4, -0.2) is 26.2 Å². The molecule has 16 heavy (non-hydrogen) atoms. The molecule has 0 amide bonds. The number of alkyl halides is 1. The first kappa shape index (κ1) is 11.6. The Hall–Kier alpha value is -0.840. The molecule has 0 aromatic heterocycles. The maximum Gasteiger partial charge on any atom is 0.212 e. The van der Waals surface area contributed by atoms with Crippen LogP contribution >= 0.6 is 11.6 Å². The van der Waals surface area contributed by atoms with E-state index in [9.17, 15) is 4.39 Å². The SMILES string of the molecule is COc1ccc(F)cc1C1(CCl)OCCO1. The highest BCUT2D eigenvalue weighted by Crippen LogP contribution is 2.38. The van der Waals surface area contributed by atoms with E-state index in [1.165, 1.54) is 25.3 Å². The smallest absolute Gasteiger partial charge is 0.212 e. The zero-order valence-corrected chi connectivity index (χ0v) is 9.59. The Labute approximate surface area is 98.1 Å². The van der Waals surface area contributed by atoms with Crippen molar-refractivity contribution in [1.29, 1.82) is 0 Å². The van der Waals surface area contributed by atoms with E-state index in [4.69, 9.17) is 25.8 Å².